The lowest BCUT2D eigenvalue weighted by molar-refractivity contribution is 1.19. The van der Waals surface area contributed by atoms with Crippen molar-refractivity contribution in [1.82, 2.24) is 9.97 Å². The molecule has 3 heteroatoms. The molecule has 1 aromatic rings. The molecule has 0 atom stereocenters. The van der Waals surface area contributed by atoms with Gasteiger partial charge in [-0.1, -0.05) is 54.6 Å². The Hall–Kier alpha value is -2.55. The van der Waals surface area contributed by atoms with Crippen LogP contribution >= 0.6 is 0 Å². The number of rotatable bonds is 0. The summed E-state index contributed by atoms with van der Waals surface area (Å²) in [5, 5.41) is 2.28. The molecule has 0 saturated carbocycles. The number of hydrogen-bond donors (Lipinski definition) is 2. The van der Waals surface area contributed by atoms with Gasteiger partial charge in [-0.05, 0) is 5.39 Å². The van der Waals surface area contributed by atoms with Crippen molar-refractivity contribution >= 4 is 16.7 Å². The minimum atomic E-state index is 0.421. The normalized spacial score (nSPS) is 10.4. The van der Waals surface area contributed by atoms with E-state index in [4.69, 9.17) is 5.73 Å². The zero-order chi connectivity index (χ0) is 12.4. The fraction of sp³-hybridized carbons (Fsp3) is 0. The first kappa shape index (κ1) is 10.6. The average molecular weight is 235 g/mol. The number of nitrogen functional groups attached to an aromatic ring is 1. The zero-order valence-corrected chi connectivity index (χ0v) is 9.80. The average Bonchev–Trinajstić information content (AvgIpc) is 2.48. The fourth-order valence-electron chi connectivity index (χ4n) is 2.04. The maximum Gasteiger partial charge on any atom is 0.197 e. The molecule has 88 valence electrons. The largest absolute Gasteiger partial charge is 0.369 e. The first-order valence-corrected chi connectivity index (χ1v) is 5.80. The van der Waals surface area contributed by atoms with Gasteiger partial charge in [-0.3, -0.25) is 0 Å². The van der Waals surface area contributed by atoms with Gasteiger partial charge < -0.3 is 10.7 Å². The third-order valence-corrected chi connectivity index (χ3v) is 2.89. The van der Waals surface area contributed by atoms with Crippen LogP contribution < -0.4 is 5.73 Å². The Morgan fingerprint density at radius 2 is 1.61 bits per heavy atom. The minimum Gasteiger partial charge on any atom is -0.369 e. The summed E-state index contributed by atoms with van der Waals surface area (Å²) in [6, 6.07) is 18.3. The molecule has 0 unspecified atom stereocenters. The molecule has 1 aliphatic carbocycles. The van der Waals surface area contributed by atoms with Crippen LogP contribution in [-0.2, 0) is 0 Å². The van der Waals surface area contributed by atoms with E-state index >= 15 is 0 Å². The van der Waals surface area contributed by atoms with Crippen molar-refractivity contribution in [1.29, 1.82) is 0 Å². The molecule has 1 heterocycles. The summed E-state index contributed by atoms with van der Waals surface area (Å²) in [5.74, 6) is 0.421. The van der Waals surface area contributed by atoms with Crippen molar-refractivity contribution < 1.29 is 0 Å². The number of anilines is 1. The van der Waals surface area contributed by atoms with Gasteiger partial charge in [0.05, 0.1) is 5.69 Å². The summed E-state index contributed by atoms with van der Waals surface area (Å²) < 4.78 is 0. The van der Waals surface area contributed by atoms with Gasteiger partial charge in [0.25, 0.3) is 0 Å². The number of nitrogens with two attached hydrogens (primary N) is 1. The second-order valence-electron chi connectivity index (χ2n) is 4.10. The van der Waals surface area contributed by atoms with E-state index < -0.39 is 0 Å². The molecular formula is C15H13N3. The van der Waals surface area contributed by atoms with Crippen molar-refractivity contribution in [2.75, 3.05) is 5.73 Å². The summed E-state index contributed by atoms with van der Waals surface area (Å²) >= 11 is 0. The lowest BCUT2D eigenvalue weighted by Crippen LogP contribution is -1.96. The van der Waals surface area contributed by atoms with E-state index in [2.05, 4.69) is 28.2 Å². The van der Waals surface area contributed by atoms with E-state index in [1.165, 1.54) is 0 Å². The third kappa shape index (κ3) is 1.86. The summed E-state index contributed by atoms with van der Waals surface area (Å²) in [7, 11) is 0. The molecule has 0 amide bonds. The van der Waals surface area contributed by atoms with Crippen molar-refractivity contribution in [2.45, 2.75) is 0 Å². The third-order valence-electron chi connectivity index (χ3n) is 2.89. The molecule has 2 aliphatic rings. The number of nitrogens with one attached hydrogen (secondary N) is 1. The highest BCUT2D eigenvalue weighted by Crippen LogP contribution is 2.25. The van der Waals surface area contributed by atoms with Gasteiger partial charge in [0.2, 0.25) is 0 Å². The van der Waals surface area contributed by atoms with Crippen molar-refractivity contribution in [3.63, 3.8) is 0 Å². The topological polar surface area (TPSA) is 54.7 Å². The molecule has 0 fully saturated rings. The van der Waals surface area contributed by atoms with Crippen LogP contribution in [0.15, 0.2) is 60.8 Å². The smallest absolute Gasteiger partial charge is 0.197 e. The monoisotopic (exact) mass is 235 g/mol. The van der Waals surface area contributed by atoms with Crippen LogP contribution in [0.4, 0.5) is 5.95 Å². The summed E-state index contributed by atoms with van der Waals surface area (Å²) in [6.45, 7) is 0. The predicted molar refractivity (Wildman–Crippen MR) is 74.8 cm³/mol. The molecule has 3 N–H and O–H groups in total. The number of hydrogen-bond acceptors (Lipinski definition) is 2. The first-order chi connectivity index (χ1) is 8.84. The standard InChI is InChI=1S/C15H13N3/c16-15-17-10-12-8-3-1-2-6-11-7-4-5-9-13(11)14(12)18-15/h1-10H,(H3,16,17,18). The minimum absolute atomic E-state index is 0.421. The lowest BCUT2D eigenvalue weighted by atomic mass is 10.1. The Kier molecular flexibility index (Phi) is 2.57. The van der Waals surface area contributed by atoms with Gasteiger partial charge in [-0.25, -0.2) is 4.98 Å². The highest BCUT2D eigenvalue weighted by molar-refractivity contribution is 5.93. The van der Waals surface area contributed by atoms with Crippen LogP contribution in [0.1, 0.15) is 0 Å². The summed E-state index contributed by atoms with van der Waals surface area (Å²) in [5.41, 5.74) is 7.77. The maximum atomic E-state index is 5.75. The Balaban J connectivity index is 2.53. The first-order valence-electron chi connectivity index (χ1n) is 5.80. The van der Waals surface area contributed by atoms with Crippen molar-refractivity contribution in [3.05, 3.63) is 60.8 Å². The van der Waals surface area contributed by atoms with Crippen LogP contribution in [0.3, 0.4) is 0 Å². The Labute approximate surface area is 105 Å². The molecule has 0 spiro atoms. The number of benzene rings is 1. The number of H-pyrrole nitrogens is 1. The summed E-state index contributed by atoms with van der Waals surface area (Å²) in [6.07, 6.45) is 1.79. The Morgan fingerprint density at radius 3 is 2.50 bits per heavy atom. The number of nitrogens with zero attached hydrogens (tertiary/aromatic N) is 1. The van der Waals surface area contributed by atoms with Crippen molar-refractivity contribution in [3.8, 4) is 11.3 Å². The van der Waals surface area contributed by atoms with Crippen LogP contribution in [0.2, 0.25) is 0 Å². The molecule has 1 aromatic carbocycles. The van der Waals surface area contributed by atoms with E-state index in [0.29, 0.717) is 5.95 Å². The SMILES string of the molecule is Nc1ncc2cccccc3ccccc3c-2[nH]1. The molecule has 3 rings (SSSR count). The number of aromatic nitrogens is 2. The van der Waals surface area contributed by atoms with Gasteiger partial charge in [0.1, 0.15) is 0 Å². The van der Waals surface area contributed by atoms with E-state index in [1.807, 2.05) is 36.4 Å². The lowest BCUT2D eigenvalue weighted by Gasteiger charge is -2.06. The second-order valence-corrected chi connectivity index (χ2v) is 4.10. The maximum absolute atomic E-state index is 5.75. The molecule has 0 bridgehead atoms. The van der Waals surface area contributed by atoms with Gasteiger partial charge in [-0.15, -0.1) is 0 Å². The van der Waals surface area contributed by atoms with Crippen LogP contribution in [0.25, 0.3) is 22.0 Å². The Bertz CT molecular complexity index is 714. The van der Waals surface area contributed by atoms with Gasteiger partial charge >= 0.3 is 0 Å². The highest BCUT2D eigenvalue weighted by Gasteiger charge is 2.04. The molecule has 0 radical (unpaired) electrons. The molecular weight excluding hydrogens is 222 g/mol. The van der Waals surface area contributed by atoms with E-state index in [0.717, 1.165) is 22.0 Å². The summed E-state index contributed by atoms with van der Waals surface area (Å²) in [4.78, 5) is 7.25. The van der Waals surface area contributed by atoms with E-state index in [-0.39, 0.29) is 0 Å². The molecule has 18 heavy (non-hydrogen) atoms. The number of aromatic amines is 1. The van der Waals surface area contributed by atoms with Gasteiger partial charge in [0.15, 0.2) is 5.95 Å². The van der Waals surface area contributed by atoms with E-state index in [1.54, 1.807) is 6.20 Å². The Morgan fingerprint density at radius 1 is 0.889 bits per heavy atom. The van der Waals surface area contributed by atoms with Crippen LogP contribution in [0, 0.1) is 0 Å². The second kappa shape index (κ2) is 4.37. The van der Waals surface area contributed by atoms with Gasteiger partial charge in [0, 0.05) is 17.1 Å². The van der Waals surface area contributed by atoms with Crippen molar-refractivity contribution in [2.24, 2.45) is 0 Å². The predicted octanol–water partition coefficient (Wildman–Crippen LogP) is 3.37. The highest BCUT2D eigenvalue weighted by atomic mass is 15.0. The molecule has 0 aromatic heterocycles. The zero-order valence-electron chi connectivity index (χ0n) is 9.80. The van der Waals surface area contributed by atoms with Gasteiger partial charge in [-0.2, -0.15) is 0 Å². The molecule has 1 aliphatic heterocycles. The molecule has 3 nitrogen and oxygen atoms in total. The van der Waals surface area contributed by atoms with E-state index in [9.17, 15) is 0 Å². The quantitative estimate of drug-likeness (QED) is 0.627. The van der Waals surface area contributed by atoms with Crippen LogP contribution in [0.5, 0.6) is 0 Å². The fourth-order valence-corrected chi connectivity index (χ4v) is 2.04. The number of fused-ring (bicyclic) bond motifs is 3. The van der Waals surface area contributed by atoms with Crippen LogP contribution in [-0.4, -0.2) is 9.97 Å². The molecule has 0 saturated heterocycles.